The molecule has 1 atom stereocenters. The van der Waals surface area contributed by atoms with E-state index in [0.717, 1.165) is 5.92 Å². The molecule has 13 heavy (non-hydrogen) atoms. The Morgan fingerprint density at radius 1 is 1.46 bits per heavy atom. The molecule has 1 aliphatic rings. The Morgan fingerprint density at radius 3 is 2.69 bits per heavy atom. The van der Waals surface area contributed by atoms with Gasteiger partial charge in [0.15, 0.2) is 0 Å². The Hall–Kier alpha value is -0.340. The lowest BCUT2D eigenvalue weighted by Crippen LogP contribution is -2.12. The highest BCUT2D eigenvalue weighted by atomic mass is 79.9. The van der Waals surface area contributed by atoms with Gasteiger partial charge in [0.1, 0.15) is 0 Å². The Labute approximate surface area is 87.5 Å². The fourth-order valence-corrected chi connectivity index (χ4v) is 1.94. The van der Waals surface area contributed by atoms with Gasteiger partial charge in [-0.15, -0.1) is 0 Å². The number of hydrogen-bond donors (Lipinski definition) is 1. The monoisotopic (exact) mass is 239 g/mol. The second kappa shape index (κ2) is 3.43. The van der Waals surface area contributed by atoms with E-state index in [2.05, 4.69) is 41.1 Å². The van der Waals surface area contributed by atoms with E-state index in [4.69, 9.17) is 5.73 Å². The van der Waals surface area contributed by atoms with Gasteiger partial charge in [-0.25, -0.2) is 0 Å². The SMILES string of the molecule is Cc1ccc([C@@H](N)C2CC2)cc1Br. The van der Waals surface area contributed by atoms with Gasteiger partial charge in [0.25, 0.3) is 0 Å². The third-order valence-corrected chi connectivity index (χ3v) is 3.57. The van der Waals surface area contributed by atoms with Crippen LogP contribution >= 0.6 is 15.9 Å². The molecule has 1 aliphatic carbocycles. The Morgan fingerprint density at radius 2 is 2.15 bits per heavy atom. The Bertz CT molecular complexity index is 318. The molecule has 0 heterocycles. The summed E-state index contributed by atoms with van der Waals surface area (Å²) in [6, 6.07) is 6.67. The second-order valence-electron chi connectivity index (χ2n) is 3.87. The van der Waals surface area contributed by atoms with Gasteiger partial charge in [-0.2, -0.15) is 0 Å². The van der Waals surface area contributed by atoms with Crippen molar-refractivity contribution in [3.63, 3.8) is 0 Å². The van der Waals surface area contributed by atoms with E-state index in [1.54, 1.807) is 0 Å². The molecule has 1 saturated carbocycles. The summed E-state index contributed by atoms with van der Waals surface area (Å²) in [7, 11) is 0. The summed E-state index contributed by atoms with van der Waals surface area (Å²) < 4.78 is 1.17. The molecule has 2 rings (SSSR count). The first-order valence-corrected chi connectivity index (χ1v) is 5.49. The highest BCUT2D eigenvalue weighted by molar-refractivity contribution is 9.10. The van der Waals surface area contributed by atoms with E-state index in [0.29, 0.717) is 0 Å². The summed E-state index contributed by atoms with van der Waals surface area (Å²) in [6.07, 6.45) is 2.60. The minimum absolute atomic E-state index is 0.247. The van der Waals surface area contributed by atoms with Crippen LogP contribution in [-0.2, 0) is 0 Å². The average molecular weight is 240 g/mol. The first-order valence-electron chi connectivity index (χ1n) is 4.70. The van der Waals surface area contributed by atoms with Gasteiger partial charge in [-0.1, -0.05) is 28.1 Å². The molecule has 0 spiro atoms. The van der Waals surface area contributed by atoms with Crippen LogP contribution in [0.4, 0.5) is 0 Å². The predicted molar refractivity (Wildman–Crippen MR) is 58.5 cm³/mol. The molecular weight excluding hydrogens is 226 g/mol. The molecule has 0 aromatic heterocycles. The molecule has 70 valence electrons. The van der Waals surface area contributed by atoms with Crippen LogP contribution in [0, 0.1) is 12.8 Å². The molecule has 2 N–H and O–H groups in total. The second-order valence-corrected chi connectivity index (χ2v) is 4.73. The molecular formula is C11H14BrN. The zero-order chi connectivity index (χ0) is 9.42. The van der Waals surface area contributed by atoms with Gasteiger partial charge in [-0.05, 0) is 42.9 Å². The molecule has 0 saturated heterocycles. The number of aryl methyl sites for hydroxylation is 1. The minimum atomic E-state index is 0.247. The molecule has 2 heteroatoms. The van der Waals surface area contributed by atoms with Gasteiger partial charge in [-0.3, -0.25) is 0 Å². The molecule has 0 aliphatic heterocycles. The smallest absolute Gasteiger partial charge is 0.0323 e. The standard InChI is InChI=1S/C11H14BrN/c1-7-2-3-9(6-10(7)12)11(13)8-4-5-8/h2-3,6,8,11H,4-5,13H2,1H3/t11-/m0/s1. The van der Waals surface area contributed by atoms with E-state index in [1.165, 1.54) is 28.4 Å². The summed E-state index contributed by atoms with van der Waals surface area (Å²) in [4.78, 5) is 0. The molecule has 0 unspecified atom stereocenters. The maximum absolute atomic E-state index is 6.10. The van der Waals surface area contributed by atoms with Gasteiger partial charge >= 0.3 is 0 Å². The Balaban J connectivity index is 2.24. The topological polar surface area (TPSA) is 26.0 Å². The minimum Gasteiger partial charge on any atom is -0.324 e. The fraction of sp³-hybridized carbons (Fsp3) is 0.455. The number of nitrogens with two attached hydrogens (primary N) is 1. The maximum atomic E-state index is 6.10. The average Bonchev–Trinajstić information content (AvgIpc) is 2.91. The summed E-state index contributed by atoms with van der Waals surface area (Å²) in [6.45, 7) is 2.09. The largest absolute Gasteiger partial charge is 0.324 e. The first-order chi connectivity index (χ1) is 6.18. The maximum Gasteiger partial charge on any atom is 0.0323 e. The van der Waals surface area contributed by atoms with E-state index in [-0.39, 0.29) is 6.04 Å². The van der Waals surface area contributed by atoms with Crippen LogP contribution in [0.1, 0.15) is 30.0 Å². The van der Waals surface area contributed by atoms with Crippen molar-refractivity contribution in [3.8, 4) is 0 Å². The van der Waals surface area contributed by atoms with Crippen LogP contribution in [0.2, 0.25) is 0 Å². The van der Waals surface area contributed by atoms with Crippen LogP contribution in [0.3, 0.4) is 0 Å². The van der Waals surface area contributed by atoms with Crippen LogP contribution in [0.15, 0.2) is 22.7 Å². The lowest BCUT2D eigenvalue weighted by atomic mass is 10.0. The normalized spacial score (nSPS) is 18.7. The zero-order valence-electron chi connectivity index (χ0n) is 7.76. The molecule has 0 amide bonds. The van der Waals surface area contributed by atoms with Crippen molar-refractivity contribution in [1.29, 1.82) is 0 Å². The summed E-state index contributed by atoms with van der Waals surface area (Å²) in [5, 5.41) is 0. The Kier molecular flexibility index (Phi) is 2.43. The molecule has 1 nitrogen and oxygen atoms in total. The molecule has 0 bridgehead atoms. The highest BCUT2D eigenvalue weighted by Gasteiger charge is 2.29. The first kappa shape index (κ1) is 9.22. The van der Waals surface area contributed by atoms with Crippen molar-refractivity contribution >= 4 is 15.9 Å². The summed E-state index contributed by atoms with van der Waals surface area (Å²) in [5.74, 6) is 0.731. The van der Waals surface area contributed by atoms with Gasteiger partial charge < -0.3 is 5.73 Å². The lowest BCUT2D eigenvalue weighted by molar-refractivity contribution is 0.633. The predicted octanol–water partition coefficient (Wildman–Crippen LogP) is 3.17. The van der Waals surface area contributed by atoms with Crippen molar-refractivity contribution in [2.24, 2.45) is 11.7 Å². The lowest BCUT2D eigenvalue weighted by Gasteiger charge is -2.11. The van der Waals surface area contributed by atoms with E-state index < -0.39 is 0 Å². The third kappa shape index (κ3) is 1.94. The van der Waals surface area contributed by atoms with Crippen molar-refractivity contribution in [2.75, 3.05) is 0 Å². The summed E-state index contributed by atoms with van der Waals surface area (Å²) in [5.41, 5.74) is 8.63. The molecule has 1 fully saturated rings. The molecule has 1 aromatic rings. The van der Waals surface area contributed by atoms with Gasteiger partial charge in [0, 0.05) is 10.5 Å². The van der Waals surface area contributed by atoms with Crippen LogP contribution in [0.25, 0.3) is 0 Å². The van der Waals surface area contributed by atoms with Crippen molar-refractivity contribution in [3.05, 3.63) is 33.8 Å². The summed E-state index contributed by atoms with van der Waals surface area (Å²) >= 11 is 3.53. The number of hydrogen-bond acceptors (Lipinski definition) is 1. The van der Waals surface area contributed by atoms with Crippen molar-refractivity contribution in [2.45, 2.75) is 25.8 Å². The van der Waals surface area contributed by atoms with E-state index >= 15 is 0 Å². The number of benzene rings is 1. The van der Waals surface area contributed by atoms with E-state index in [1.807, 2.05) is 0 Å². The van der Waals surface area contributed by atoms with Gasteiger partial charge in [0.2, 0.25) is 0 Å². The zero-order valence-corrected chi connectivity index (χ0v) is 9.34. The van der Waals surface area contributed by atoms with E-state index in [9.17, 15) is 0 Å². The number of rotatable bonds is 2. The van der Waals surface area contributed by atoms with Gasteiger partial charge in [0.05, 0.1) is 0 Å². The van der Waals surface area contributed by atoms with Crippen LogP contribution < -0.4 is 5.73 Å². The number of halogens is 1. The van der Waals surface area contributed by atoms with Crippen LogP contribution in [-0.4, -0.2) is 0 Å². The third-order valence-electron chi connectivity index (χ3n) is 2.71. The quantitative estimate of drug-likeness (QED) is 0.844. The highest BCUT2D eigenvalue weighted by Crippen LogP contribution is 2.39. The van der Waals surface area contributed by atoms with Crippen molar-refractivity contribution < 1.29 is 0 Å². The molecule has 0 radical (unpaired) electrons. The van der Waals surface area contributed by atoms with Crippen LogP contribution in [0.5, 0.6) is 0 Å². The molecule has 1 aromatic carbocycles. The van der Waals surface area contributed by atoms with Crippen molar-refractivity contribution in [1.82, 2.24) is 0 Å². The fourth-order valence-electron chi connectivity index (χ4n) is 1.54.